The highest BCUT2D eigenvalue weighted by molar-refractivity contribution is 6.29. The summed E-state index contributed by atoms with van der Waals surface area (Å²) in [4.78, 5) is 14.3. The van der Waals surface area contributed by atoms with E-state index < -0.39 is 47.0 Å². The first-order valence-corrected chi connectivity index (χ1v) is 5.16. The van der Waals surface area contributed by atoms with Gasteiger partial charge in [0.1, 0.15) is 5.15 Å². The maximum Gasteiger partial charge on any atom is 0.417 e. The van der Waals surface area contributed by atoms with Crippen LogP contribution in [0.1, 0.15) is 23.2 Å². The molecule has 0 amide bonds. The summed E-state index contributed by atoms with van der Waals surface area (Å²) in [6.07, 6.45) is -9.29. The minimum atomic E-state index is -5.02. The Kier molecular flexibility index (Phi) is 4.67. The molecule has 1 aromatic heterocycles. The molecule has 0 N–H and O–H groups in total. The Balaban J connectivity index is 3.45. The molecule has 106 valence electrons. The smallest absolute Gasteiger partial charge is 0.417 e. The van der Waals surface area contributed by atoms with Gasteiger partial charge >= 0.3 is 12.1 Å². The lowest BCUT2D eigenvalue weighted by molar-refractivity contribution is -0.141. The van der Waals surface area contributed by atoms with Gasteiger partial charge in [0, 0.05) is 0 Å². The number of ether oxygens (including phenoxy) is 1. The topological polar surface area (TPSA) is 39.2 Å². The molecule has 0 aromatic carbocycles. The van der Waals surface area contributed by atoms with E-state index in [2.05, 4.69) is 9.72 Å². The molecule has 0 radical (unpaired) electrons. The second kappa shape index (κ2) is 5.68. The molecule has 1 rings (SSSR count). The van der Waals surface area contributed by atoms with Crippen molar-refractivity contribution >= 4 is 17.6 Å². The molecule has 1 heterocycles. The van der Waals surface area contributed by atoms with Gasteiger partial charge in [-0.1, -0.05) is 11.6 Å². The molecule has 3 nitrogen and oxygen atoms in total. The monoisotopic (exact) mass is 303 g/mol. The van der Waals surface area contributed by atoms with Crippen LogP contribution in [-0.2, 0) is 22.1 Å². The van der Waals surface area contributed by atoms with Crippen molar-refractivity contribution in [3.63, 3.8) is 0 Å². The van der Waals surface area contributed by atoms with Crippen molar-refractivity contribution in [2.24, 2.45) is 0 Å². The quantitative estimate of drug-likeness (QED) is 0.488. The summed E-state index contributed by atoms with van der Waals surface area (Å²) in [5, 5.41) is -0.629. The van der Waals surface area contributed by atoms with Gasteiger partial charge < -0.3 is 4.74 Å². The first-order valence-electron chi connectivity index (χ1n) is 4.78. The van der Waals surface area contributed by atoms with E-state index in [4.69, 9.17) is 11.6 Å². The summed E-state index contributed by atoms with van der Waals surface area (Å²) < 4.78 is 67.7. The fourth-order valence-electron chi connectivity index (χ4n) is 1.40. The van der Waals surface area contributed by atoms with E-state index in [1.165, 1.54) is 0 Å². The van der Waals surface area contributed by atoms with Crippen molar-refractivity contribution < 1.29 is 31.5 Å². The molecule has 0 unspecified atom stereocenters. The van der Waals surface area contributed by atoms with Gasteiger partial charge in [0.2, 0.25) is 0 Å². The number of hydrogen-bond donors (Lipinski definition) is 0. The lowest BCUT2D eigenvalue weighted by atomic mass is 10.0. The van der Waals surface area contributed by atoms with Gasteiger partial charge in [0.25, 0.3) is 6.43 Å². The predicted octanol–water partition coefficient (Wildman–Crippen LogP) is 3.41. The zero-order valence-corrected chi connectivity index (χ0v) is 10.1. The Morgan fingerprint density at radius 2 is 2.05 bits per heavy atom. The Bertz CT molecular complexity index is 490. The Labute approximate surface area is 109 Å². The number of aromatic nitrogens is 1. The molecule has 0 spiro atoms. The third kappa shape index (κ3) is 3.76. The highest BCUT2D eigenvalue weighted by Crippen LogP contribution is 2.39. The fraction of sp³-hybridized carbons (Fsp3) is 0.400. The summed E-state index contributed by atoms with van der Waals surface area (Å²) in [5.74, 6) is -0.996. The van der Waals surface area contributed by atoms with Gasteiger partial charge in [-0.3, -0.25) is 4.79 Å². The number of esters is 1. The van der Waals surface area contributed by atoms with Crippen molar-refractivity contribution in [2.45, 2.75) is 19.0 Å². The molecule has 0 bridgehead atoms. The van der Waals surface area contributed by atoms with Crippen molar-refractivity contribution in [3.8, 4) is 0 Å². The number of rotatable bonds is 3. The van der Waals surface area contributed by atoms with Crippen LogP contribution in [0.2, 0.25) is 5.15 Å². The van der Waals surface area contributed by atoms with Crippen molar-refractivity contribution in [1.82, 2.24) is 4.98 Å². The molecule has 0 saturated heterocycles. The number of halogens is 6. The van der Waals surface area contributed by atoms with E-state index in [1.54, 1.807) is 0 Å². The van der Waals surface area contributed by atoms with Crippen LogP contribution in [0, 0.1) is 0 Å². The number of carbonyl (C=O) groups is 1. The van der Waals surface area contributed by atoms with Crippen LogP contribution in [-0.4, -0.2) is 18.1 Å². The zero-order chi connectivity index (χ0) is 14.8. The second-order valence-electron chi connectivity index (χ2n) is 3.40. The summed E-state index contributed by atoms with van der Waals surface area (Å²) in [5.41, 5.74) is -3.72. The average molecular weight is 304 g/mol. The standard InChI is InChI=1S/C10H7ClF5NO2/c1-19-7(18)3-5-8(9(12)13)4(10(14,15)16)2-6(11)17-5/h2,9H,3H2,1H3. The summed E-state index contributed by atoms with van der Waals surface area (Å²) in [6.45, 7) is 0. The fourth-order valence-corrected chi connectivity index (χ4v) is 1.61. The highest BCUT2D eigenvalue weighted by atomic mass is 35.5. The van der Waals surface area contributed by atoms with E-state index in [-0.39, 0.29) is 0 Å². The van der Waals surface area contributed by atoms with Crippen LogP contribution in [0.3, 0.4) is 0 Å². The minimum absolute atomic E-state index is 0.295. The van der Waals surface area contributed by atoms with E-state index in [9.17, 15) is 26.7 Å². The number of methoxy groups -OCH3 is 1. The van der Waals surface area contributed by atoms with Crippen LogP contribution >= 0.6 is 11.6 Å². The molecule has 0 aliphatic rings. The van der Waals surface area contributed by atoms with Crippen molar-refractivity contribution in [3.05, 3.63) is 28.0 Å². The Hall–Kier alpha value is -1.44. The Morgan fingerprint density at radius 3 is 2.47 bits per heavy atom. The van der Waals surface area contributed by atoms with Crippen molar-refractivity contribution in [2.75, 3.05) is 7.11 Å². The van der Waals surface area contributed by atoms with Gasteiger partial charge in [-0.2, -0.15) is 13.2 Å². The van der Waals surface area contributed by atoms with Gasteiger partial charge in [0.05, 0.1) is 30.4 Å². The Morgan fingerprint density at radius 1 is 1.47 bits per heavy atom. The number of nitrogens with zero attached hydrogens (tertiary/aromatic N) is 1. The van der Waals surface area contributed by atoms with Gasteiger partial charge in [-0.05, 0) is 6.07 Å². The first kappa shape index (κ1) is 15.6. The largest absolute Gasteiger partial charge is 0.469 e. The third-order valence-corrected chi connectivity index (χ3v) is 2.36. The van der Waals surface area contributed by atoms with E-state index in [0.29, 0.717) is 6.07 Å². The lowest BCUT2D eigenvalue weighted by Gasteiger charge is -2.15. The third-order valence-electron chi connectivity index (χ3n) is 2.17. The SMILES string of the molecule is COC(=O)Cc1nc(Cl)cc(C(F)(F)F)c1C(F)F. The first-order chi connectivity index (χ1) is 8.66. The normalized spacial score (nSPS) is 11.8. The van der Waals surface area contributed by atoms with Crippen LogP contribution in [0.5, 0.6) is 0 Å². The maximum atomic E-state index is 12.8. The zero-order valence-electron chi connectivity index (χ0n) is 9.39. The number of alkyl halides is 5. The number of hydrogen-bond acceptors (Lipinski definition) is 3. The second-order valence-corrected chi connectivity index (χ2v) is 3.79. The molecular formula is C10H7ClF5NO2. The van der Waals surface area contributed by atoms with Crippen molar-refractivity contribution in [1.29, 1.82) is 0 Å². The van der Waals surface area contributed by atoms with Gasteiger partial charge in [-0.15, -0.1) is 0 Å². The molecule has 9 heteroatoms. The summed E-state index contributed by atoms with van der Waals surface area (Å²) in [6, 6.07) is 0.295. The summed E-state index contributed by atoms with van der Waals surface area (Å²) >= 11 is 5.35. The van der Waals surface area contributed by atoms with E-state index in [1.807, 2.05) is 0 Å². The van der Waals surface area contributed by atoms with E-state index >= 15 is 0 Å². The molecule has 0 saturated carbocycles. The molecular weight excluding hydrogens is 297 g/mol. The maximum absolute atomic E-state index is 12.8. The molecule has 0 aliphatic heterocycles. The number of pyridine rings is 1. The van der Waals surface area contributed by atoms with Gasteiger partial charge in [-0.25, -0.2) is 13.8 Å². The number of carbonyl (C=O) groups excluding carboxylic acids is 1. The molecule has 1 aromatic rings. The average Bonchev–Trinajstić information content (AvgIpc) is 2.26. The predicted molar refractivity (Wildman–Crippen MR) is 54.9 cm³/mol. The van der Waals surface area contributed by atoms with Crippen LogP contribution in [0.15, 0.2) is 6.07 Å². The van der Waals surface area contributed by atoms with Gasteiger partial charge in [0.15, 0.2) is 0 Å². The van der Waals surface area contributed by atoms with Crippen LogP contribution in [0.4, 0.5) is 22.0 Å². The molecule has 0 fully saturated rings. The van der Waals surface area contributed by atoms with Crippen LogP contribution < -0.4 is 0 Å². The highest BCUT2D eigenvalue weighted by Gasteiger charge is 2.38. The molecule has 0 atom stereocenters. The molecule has 0 aliphatic carbocycles. The lowest BCUT2D eigenvalue weighted by Crippen LogP contribution is -2.16. The molecule has 19 heavy (non-hydrogen) atoms. The van der Waals surface area contributed by atoms with E-state index in [0.717, 1.165) is 7.11 Å². The summed E-state index contributed by atoms with van der Waals surface area (Å²) in [7, 11) is 0.972. The minimum Gasteiger partial charge on any atom is -0.469 e. The van der Waals surface area contributed by atoms with Crippen LogP contribution in [0.25, 0.3) is 0 Å².